The third-order valence-corrected chi connectivity index (χ3v) is 6.84. The van der Waals surface area contributed by atoms with Gasteiger partial charge in [0.2, 0.25) is 10.0 Å². The lowest BCUT2D eigenvalue weighted by molar-refractivity contribution is 0.281. The van der Waals surface area contributed by atoms with Crippen LogP contribution in [0.4, 0.5) is 0 Å². The Labute approximate surface area is 128 Å². The highest BCUT2D eigenvalue weighted by molar-refractivity contribution is 9.10. The first kappa shape index (κ1) is 15.9. The van der Waals surface area contributed by atoms with E-state index in [-0.39, 0.29) is 16.9 Å². The van der Waals surface area contributed by atoms with Gasteiger partial charge in [0, 0.05) is 11.0 Å². The molecule has 2 rings (SSSR count). The second-order valence-corrected chi connectivity index (χ2v) is 8.09. The summed E-state index contributed by atoms with van der Waals surface area (Å²) in [5, 5.41) is 9.22. The fraction of sp³-hybridized carbons (Fsp3) is 0.571. The number of rotatable bonds is 6. The van der Waals surface area contributed by atoms with E-state index in [9.17, 15) is 13.5 Å². The van der Waals surface area contributed by atoms with Crippen LogP contribution in [0.2, 0.25) is 0 Å². The fourth-order valence-electron chi connectivity index (χ4n) is 2.25. The zero-order valence-electron chi connectivity index (χ0n) is 11.7. The topological polar surface area (TPSA) is 66.4 Å². The SMILES string of the molecule is CCC1(CNS(=O)(=O)c2cc(CO)cc(C)c2Br)CC1. The maximum absolute atomic E-state index is 12.4. The second-order valence-electron chi connectivity index (χ2n) is 5.56. The highest BCUT2D eigenvalue weighted by atomic mass is 79.9. The predicted molar refractivity (Wildman–Crippen MR) is 81.9 cm³/mol. The lowest BCUT2D eigenvalue weighted by Gasteiger charge is -2.16. The first-order chi connectivity index (χ1) is 9.33. The van der Waals surface area contributed by atoms with Gasteiger partial charge in [-0.25, -0.2) is 13.1 Å². The largest absolute Gasteiger partial charge is 0.392 e. The lowest BCUT2D eigenvalue weighted by atomic mass is 10.1. The van der Waals surface area contributed by atoms with Gasteiger partial charge >= 0.3 is 0 Å². The monoisotopic (exact) mass is 361 g/mol. The molecule has 0 unspecified atom stereocenters. The minimum absolute atomic E-state index is 0.156. The van der Waals surface area contributed by atoms with Gasteiger partial charge in [-0.05, 0) is 64.7 Å². The van der Waals surface area contributed by atoms with Crippen molar-refractivity contribution in [3.8, 4) is 0 Å². The molecule has 0 radical (unpaired) electrons. The van der Waals surface area contributed by atoms with Gasteiger partial charge in [0.25, 0.3) is 0 Å². The second kappa shape index (κ2) is 5.75. The Balaban J connectivity index is 2.27. The van der Waals surface area contributed by atoms with Gasteiger partial charge in [-0.1, -0.05) is 13.0 Å². The summed E-state index contributed by atoms with van der Waals surface area (Å²) in [6.45, 7) is 4.22. The van der Waals surface area contributed by atoms with E-state index in [1.165, 1.54) is 6.07 Å². The van der Waals surface area contributed by atoms with Crippen LogP contribution in [-0.2, 0) is 16.6 Å². The van der Waals surface area contributed by atoms with Crippen LogP contribution in [-0.4, -0.2) is 20.1 Å². The van der Waals surface area contributed by atoms with Crippen molar-refractivity contribution in [2.75, 3.05) is 6.54 Å². The average Bonchev–Trinajstić information content (AvgIpc) is 3.20. The van der Waals surface area contributed by atoms with Crippen molar-refractivity contribution in [1.29, 1.82) is 0 Å². The molecule has 1 aromatic rings. The van der Waals surface area contributed by atoms with Crippen molar-refractivity contribution in [2.45, 2.75) is 44.6 Å². The summed E-state index contributed by atoms with van der Waals surface area (Å²) in [5.74, 6) is 0. The Kier molecular flexibility index (Phi) is 4.59. The van der Waals surface area contributed by atoms with Crippen molar-refractivity contribution in [3.05, 3.63) is 27.7 Å². The first-order valence-electron chi connectivity index (χ1n) is 6.73. The smallest absolute Gasteiger partial charge is 0.241 e. The molecule has 6 heteroatoms. The van der Waals surface area contributed by atoms with Crippen LogP contribution >= 0.6 is 15.9 Å². The Morgan fingerprint density at radius 3 is 2.55 bits per heavy atom. The van der Waals surface area contributed by atoms with E-state index in [0.29, 0.717) is 16.6 Å². The van der Waals surface area contributed by atoms with Gasteiger partial charge in [0.1, 0.15) is 0 Å². The third kappa shape index (κ3) is 3.24. The lowest BCUT2D eigenvalue weighted by Crippen LogP contribution is -2.30. The van der Waals surface area contributed by atoms with Crippen molar-refractivity contribution < 1.29 is 13.5 Å². The van der Waals surface area contributed by atoms with E-state index in [1.54, 1.807) is 6.07 Å². The maximum atomic E-state index is 12.4. The normalized spacial score (nSPS) is 17.2. The van der Waals surface area contributed by atoms with Crippen molar-refractivity contribution in [1.82, 2.24) is 4.72 Å². The fourth-order valence-corrected chi connectivity index (χ4v) is 4.48. The Bertz CT molecular complexity index is 609. The first-order valence-corrected chi connectivity index (χ1v) is 9.01. The van der Waals surface area contributed by atoms with Crippen molar-refractivity contribution in [3.63, 3.8) is 0 Å². The van der Waals surface area contributed by atoms with E-state index in [2.05, 4.69) is 27.6 Å². The van der Waals surface area contributed by atoms with E-state index in [0.717, 1.165) is 24.8 Å². The summed E-state index contributed by atoms with van der Waals surface area (Å²) in [4.78, 5) is 0.202. The van der Waals surface area contributed by atoms with Crippen LogP contribution in [0.15, 0.2) is 21.5 Å². The minimum atomic E-state index is -3.56. The minimum Gasteiger partial charge on any atom is -0.392 e. The molecule has 1 aliphatic rings. The maximum Gasteiger partial charge on any atom is 0.241 e. The summed E-state index contributed by atoms with van der Waals surface area (Å²) in [6.07, 6.45) is 3.16. The van der Waals surface area contributed by atoms with Crippen molar-refractivity contribution in [2.24, 2.45) is 5.41 Å². The number of aryl methyl sites for hydroxylation is 1. The van der Waals surface area contributed by atoms with E-state index < -0.39 is 10.0 Å². The average molecular weight is 362 g/mol. The van der Waals surface area contributed by atoms with E-state index in [4.69, 9.17) is 0 Å². The van der Waals surface area contributed by atoms with Gasteiger partial charge in [-0.2, -0.15) is 0 Å². The highest BCUT2D eigenvalue weighted by Gasteiger charge is 2.41. The highest BCUT2D eigenvalue weighted by Crippen LogP contribution is 2.48. The predicted octanol–water partition coefficient (Wildman–Crippen LogP) is 2.72. The molecule has 20 heavy (non-hydrogen) atoms. The zero-order chi connectivity index (χ0) is 15.0. The Morgan fingerprint density at radius 2 is 2.05 bits per heavy atom. The zero-order valence-corrected chi connectivity index (χ0v) is 14.1. The summed E-state index contributed by atoms with van der Waals surface area (Å²) in [6, 6.07) is 3.29. The molecule has 0 amide bonds. The molecule has 0 spiro atoms. The molecular weight excluding hydrogens is 342 g/mol. The molecule has 0 heterocycles. The number of hydrogen-bond acceptors (Lipinski definition) is 3. The van der Waals surface area contributed by atoms with Gasteiger partial charge < -0.3 is 5.11 Å². The molecule has 1 fully saturated rings. The molecule has 1 saturated carbocycles. The van der Waals surface area contributed by atoms with Gasteiger partial charge in [-0.15, -0.1) is 0 Å². The number of aliphatic hydroxyl groups is 1. The Hall–Kier alpha value is -0.430. The number of benzene rings is 1. The standard InChI is InChI=1S/C14H20BrNO3S/c1-3-14(4-5-14)9-16-20(18,19)12-7-11(8-17)6-10(2)13(12)15/h6-7,16-17H,3-5,8-9H2,1-2H3. The molecule has 1 aromatic carbocycles. The Morgan fingerprint density at radius 1 is 1.40 bits per heavy atom. The van der Waals surface area contributed by atoms with Gasteiger partial charge in [0.15, 0.2) is 0 Å². The number of aliphatic hydroxyl groups excluding tert-OH is 1. The molecular formula is C14H20BrNO3S. The molecule has 4 nitrogen and oxygen atoms in total. The van der Waals surface area contributed by atoms with Gasteiger partial charge in [0.05, 0.1) is 11.5 Å². The molecule has 0 aromatic heterocycles. The molecule has 0 atom stereocenters. The third-order valence-electron chi connectivity index (χ3n) is 4.10. The van der Waals surface area contributed by atoms with Crippen LogP contribution in [0, 0.1) is 12.3 Å². The summed E-state index contributed by atoms with van der Waals surface area (Å²) in [5.41, 5.74) is 1.56. The number of nitrogens with one attached hydrogen (secondary N) is 1. The number of hydrogen-bond donors (Lipinski definition) is 2. The van der Waals surface area contributed by atoms with Crippen LogP contribution in [0.3, 0.4) is 0 Å². The van der Waals surface area contributed by atoms with Crippen molar-refractivity contribution >= 4 is 26.0 Å². The number of halogens is 1. The van der Waals surface area contributed by atoms with Crippen LogP contribution in [0.1, 0.15) is 37.3 Å². The van der Waals surface area contributed by atoms with Crippen LogP contribution in [0.25, 0.3) is 0 Å². The van der Waals surface area contributed by atoms with Gasteiger partial charge in [-0.3, -0.25) is 0 Å². The molecule has 1 aliphatic carbocycles. The molecule has 0 bridgehead atoms. The quantitative estimate of drug-likeness (QED) is 0.818. The number of sulfonamides is 1. The summed E-state index contributed by atoms with van der Waals surface area (Å²) >= 11 is 3.33. The summed E-state index contributed by atoms with van der Waals surface area (Å²) in [7, 11) is -3.56. The van der Waals surface area contributed by atoms with Crippen LogP contribution < -0.4 is 4.72 Å². The summed E-state index contributed by atoms with van der Waals surface area (Å²) < 4.78 is 28.1. The molecule has 2 N–H and O–H groups in total. The van der Waals surface area contributed by atoms with E-state index in [1.807, 2.05) is 6.92 Å². The molecule has 112 valence electrons. The molecule has 0 saturated heterocycles. The van der Waals surface area contributed by atoms with E-state index >= 15 is 0 Å². The van der Waals surface area contributed by atoms with Crippen LogP contribution in [0.5, 0.6) is 0 Å². The molecule has 0 aliphatic heterocycles.